The van der Waals surface area contributed by atoms with E-state index in [1.807, 2.05) is 0 Å². The van der Waals surface area contributed by atoms with Gasteiger partial charge < -0.3 is 10.4 Å². The van der Waals surface area contributed by atoms with Crippen LogP contribution >= 0.6 is 11.3 Å². The van der Waals surface area contributed by atoms with E-state index in [4.69, 9.17) is 5.11 Å². The van der Waals surface area contributed by atoms with Crippen molar-refractivity contribution in [3.05, 3.63) is 34.0 Å². The summed E-state index contributed by atoms with van der Waals surface area (Å²) in [5, 5.41) is 17.9. The molecule has 0 radical (unpaired) electrons. The van der Waals surface area contributed by atoms with E-state index < -0.39 is 5.97 Å². The molecule has 2 aromatic heterocycles. The summed E-state index contributed by atoms with van der Waals surface area (Å²) < 4.78 is 1.80. The Kier molecular flexibility index (Phi) is 4.19. The molecule has 2 heterocycles. The van der Waals surface area contributed by atoms with Crippen molar-refractivity contribution < 1.29 is 14.7 Å². The van der Waals surface area contributed by atoms with Gasteiger partial charge in [0.15, 0.2) is 5.69 Å². The number of aromatic carboxylic acids is 1. The summed E-state index contributed by atoms with van der Waals surface area (Å²) in [6.07, 6.45) is 6.08. The first-order valence-electron chi connectivity index (χ1n) is 7.14. The predicted molar refractivity (Wildman–Crippen MR) is 80.0 cm³/mol. The summed E-state index contributed by atoms with van der Waals surface area (Å²) in [4.78, 5) is 27.0. The topological polar surface area (TPSA) is 97.1 Å². The van der Waals surface area contributed by atoms with E-state index in [0.717, 1.165) is 12.8 Å². The number of rotatable bonds is 5. The minimum absolute atomic E-state index is 0.00486. The van der Waals surface area contributed by atoms with E-state index >= 15 is 0 Å². The zero-order valence-corrected chi connectivity index (χ0v) is 12.7. The molecule has 0 spiro atoms. The van der Waals surface area contributed by atoms with Crippen LogP contribution in [0.3, 0.4) is 0 Å². The van der Waals surface area contributed by atoms with Crippen LogP contribution in [0.2, 0.25) is 0 Å². The Labute approximate surface area is 131 Å². The Hall–Kier alpha value is -2.22. The second-order valence-electron chi connectivity index (χ2n) is 5.21. The second kappa shape index (κ2) is 6.27. The van der Waals surface area contributed by atoms with Crippen molar-refractivity contribution >= 4 is 23.2 Å². The van der Waals surface area contributed by atoms with Gasteiger partial charge in [0.25, 0.3) is 5.91 Å². The molecule has 2 N–H and O–H groups in total. The first-order chi connectivity index (χ1) is 10.6. The summed E-state index contributed by atoms with van der Waals surface area (Å²) in [5.74, 6) is -1.27. The molecule has 0 atom stereocenters. The minimum Gasteiger partial charge on any atom is -0.476 e. The van der Waals surface area contributed by atoms with Crippen molar-refractivity contribution in [1.82, 2.24) is 20.1 Å². The molecule has 1 aliphatic carbocycles. The van der Waals surface area contributed by atoms with Gasteiger partial charge in [0, 0.05) is 11.6 Å². The van der Waals surface area contributed by atoms with Crippen molar-refractivity contribution in [3.63, 3.8) is 0 Å². The number of amides is 1. The highest BCUT2D eigenvalue weighted by Crippen LogP contribution is 2.29. The molecule has 22 heavy (non-hydrogen) atoms. The van der Waals surface area contributed by atoms with Crippen LogP contribution < -0.4 is 5.32 Å². The number of hydrogen-bond acceptors (Lipinski definition) is 5. The lowest BCUT2D eigenvalue weighted by molar-refractivity contribution is 0.0691. The third kappa shape index (κ3) is 3.01. The molecule has 8 heteroatoms. The Balaban J connectivity index is 1.64. The molecule has 1 aliphatic rings. The number of nitrogens with zero attached hydrogens (tertiary/aromatic N) is 3. The maximum atomic E-state index is 12.3. The Bertz CT molecular complexity index is 688. The summed E-state index contributed by atoms with van der Waals surface area (Å²) in [5.41, 5.74) is 0.548. The van der Waals surface area contributed by atoms with E-state index in [2.05, 4.69) is 15.4 Å². The Morgan fingerprint density at radius 1 is 1.41 bits per heavy atom. The molecule has 2 aromatic rings. The van der Waals surface area contributed by atoms with Gasteiger partial charge in [-0.2, -0.15) is 5.10 Å². The molecule has 0 bridgehead atoms. The average Bonchev–Trinajstić information content (AvgIpc) is 3.23. The van der Waals surface area contributed by atoms with Crippen LogP contribution in [0.25, 0.3) is 0 Å². The quantitative estimate of drug-likeness (QED) is 0.879. The molecule has 1 saturated carbocycles. The normalized spacial score (nSPS) is 15.1. The van der Waals surface area contributed by atoms with Gasteiger partial charge in [-0.05, 0) is 18.9 Å². The SMILES string of the molecule is O=C(O)c1csc(CNC(=O)c2ccnn2C2CCCC2)n1. The number of nitrogens with one attached hydrogen (secondary N) is 1. The summed E-state index contributed by atoms with van der Waals surface area (Å²) in [6.45, 7) is 0.215. The van der Waals surface area contributed by atoms with Gasteiger partial charge in [-0.1, -0.05) is 12.8 Å². The number of carboxylic acid groups (broad SMARTS) is 1. The fourth-order valence-corrected chi connectivity index (χ4v) is 3.38. The van der Waals surface area contributed by atoms with E-state index in [1.165, 1.54) is 29.6 Å². The largest absolute Gasteiger partial charge is 0.476 e. The zero-order chi connectivity index (χ0) is 15.5. The highest BCUT2D eigenvalue weighted by molar-refractivity contribution is 7.09. The van der Waals surface area contributed by atoms with Crippen molar-refractivity contribution in [2.45, 2.75) is 38.3 Å². The van der Waals surface area contributed by atoms with Crippen LogP contribution in [0.15, 0.2) is 17.6 Å². The van der Waals surface area contributed by atoms with Gasteiger partial charge in [0.2, 0.25) is 0 Å². The molecule has 7 nitrogen and oxygen atoms in total. The lowest BCUT2D eigenvalue weighted by Crippen LogP contribution is -2.26. The standard InChI is InChI=1S/C14H16N4O3S/c19-13(15-7-12-17-10(8-22-12)14(20)21)11-5-6-16-18(11)9-3-1-2-4-9/h5-6,8-9H,1-4,7H2,(H,15,19)(H,20,21). The second-order valence-corrected chi connectivity index (χ2v) is 6.16. The van der Waals surface area contributed by atoms with Crippen LogP contribution in [0.4, 0.5) is 0 Å². The number of thiazole rings is 1. The highest BCUT2D eigenvalue weighted by atomic mass is 32.1. The Morgan fingerprint density at radius 3 is 2.86 bits per heavy atom. The van der Waals surface area contributed by atoms with E-state index in [0.29, 0.717) is 16.7 Å². The summed E-state index contributed by atoms with van der Waals surface area (Å²) in [6, 6.07) is 2.01. The van der Waals surface area contributed by atoms with Crippen molar-refractivity contribution in [2.75, 3.05) is 0 Å². The van der Waals surface area contributed by atoms with Gasteiger partial charge in [-0.25, -0.2) is 9.78 Å². The van der Waals surface area contributed by atoms with E-state index in [9.17, 15) is 9.59 Å². The van der Waals surface area contributed by atoms with Gasteiger partial charge in [0.05, 0.1) is 12.6 Å². The number of carbonyl (C=O) groups is 2. The zero-order valence-electron chi connectivity index (χ0n) is 11.9. The van der Waals surface area contributed by atoms with Gasteiger partial charge in [-0.15, -0.1) is 11.3 Å². The molecule has 0 unspecified atom stereocenters. The number of carbonyl (C=O) groups excluding carboxylic acids is 1. The lowest BCUT2D eigenvalue weighted by atomic mass is 10.2. The molecule has 1 fully saturated rings. The average molecular weight is 320 g/mol. The monoisotopic (exact) mass is 320 g/mol. The van der Waals surface area contributed by atoms with Gasteiger partial charge >= 0.3 is 5.97 Å². The maximum absolute atomic E-state index is 12.3. The smallest absolute Gasteiger partial charge is 0.355 e. The van der Waals surface area contributed by atoms with Gasteiger partial charge in [-0.3, -0.25) is 9.48 Å². The fraction of sp³-hybridized carbons (Fsp3) is 0.429. The first kappa shape index (κ1) is 14.7. The van der Waals surface area contributed by atoms with Crippen LogP contribution in [0, 0.1) is 0 Å². The van der Waals surface area contributed by atoms with Crippen molar-refractivity contribution in [1.29, 1.82) is 0 Å². The number of carboxylic acids is 1. The molecule has 116 valence electrons. The first-order valence-corrected chi connectivity index (χ1v) is 8.02. The molecule has 1 amide bonds. The van der Waals surface area contributed by atoms with E-state index in [1.54, 1.807) is 16.9 Å². The number of hydrogen-bond donors (Lipinski definition) is 2. The van der Waals surface area contributed by atoms with Crippen molar-refractivity contribution in [2.24, 2.45) is 0 Å². The molecule has 3 rings (SSSR count). The minimum atomic E-state index is -1.06. The molecule has 0 aliphatic heterocycles. The third-order valence-corrected chi connectivity index (χ3v) is 4.59. The van der Waals surface area contributed by atoms with Crippen LogP contribution in [0.1, 0.15) is 57.7 Å². The maximum Gasteiger partial charge on any atom is 0.355 e. The lowest BCUT2D eigenvalue weighted by Gasteiger charge is -2.13. The summed E-state index contributed by atoms with van der Waals surface area (Å²) >= 11 is 1.22. The van der Waals surface area contributed by atoms with Gasteiger partial charge in [0.1, 0.15) is 10.7 Å². The summed E-state index contributed by atoms with van der Waals surface area (Å²) in [7, 11) is 0. The highest BCUT2D eigenvalue weighted by Gasteiger charge is 2.22. The van der Waals surface area contributed by atoms with Crippen LogP contribution in [-0.2, 0) is 6.54 Å². The fourth-order valence-electron chi connectivity index (χ4n) is 2.67. The molecular weight excluding hydrogens is 304 g/mol. The van der Waals surface area contributed by atoms with Crippen LogP contribution in [-0.4, -0.2) is 31.7 Å². The molecule has 0 aromatic carbocycles. The van der Waals surface area contributed by atoms with Crippen LogP contribution in [0.5, 0.6) is 0 Å². The molecule has 0 saturated heterocycles. The van der Waals surface area contributed by atoms with Crippen molar-refractivity contribution in [3.8, 4) is 0 Å². The van der Waals surface area contributed by atoms with E-state index in [-0.39, 0.29) is 18.1 Å². The third-order valence-electron chi connectivity index (χ3n) is 3.74. The molecular formula is C14H16N4O3S. The Morgan fingerprint density at radius 2 is 2.18 bits per heavy atom. The number of aromatic nitrogens is 3. The predicted octanol–water partition coefficient (Wildman–Crippen LogP) is 2.08.